The highest BCUT2D eigenvalue weighted by Gasteiger charge is 2.05. The van der Waals surface area contributed by atoms with Crippen molar-refractivity contribution in [1.29, 1.82) is 0 Å². The molecule has 3 aromatic rings. The molecule has 0 saturated carbocycles. The second kappa shape index (κ2) is 4.11. The molecule has 0 saturated heterocycles. The van der Waals surface area contributed by atoms with Gasteiger partial charge in [-0.05, 0) is 35.9 Å². The van der Waals surface area contributed by atoms with Crippen LogP contribution in [0.5, 0.6) is 0 Å². The van der Waals surface area contributed by atoms with Crippen molar-refractivity contribution in [2.24, 2.45) is 0 Å². The number of pyridine rings is 1. The van der Waals surface area contributed by atoms with Gasteiger partial charge in [0.1, 0.15) is 11.6 Å². The summed E-state index contributed by atoms with van der Waals surface area (Å²) in [6.07, 6.45) is 0. The normalized spacial score (nSPS) is 10.7. The summed E-state index contributed by atoms with van der Waals surface area (Å²) in [4.78, 5) is 4.22. The summed E-state index contributed by atoms with van der Waals surface area (Å²) in [5.74, 6) is 0.265. The summed E-state index contributed by atoms with van der Waals surface area (Å²) in [6.45, 7) is 0. The lowest BCUT2D eigenvalue weighted by molar-refractivity contribution is 0.631. The van der Waals surface area contributed by atoms with Crippen molar-refractivity contribution in [3.63, 3.8) is 0 Å². The maximum absolute atomic E-state index is 13.7. The zero-order valence-corrected chi connectivity index (χ0v) is 9.60. The molecule has 0 aliphatic carbocycles. The minimum atomic E-state index is -0.222. The zero-order valence-electron chi connectivity index (χ0n) is 9.60. The number of halogens is 1. The van der Waals surface area contributed by atoms with E-state index in [2.05, 4.69) is 4.98 Å². The van der Waals surface area contributed by atoms with Crippen LogP contribution in [0, 0.1) is 5.82 Å². The third-order valence-electron chi connectivity index (χ3n) is 2.90. The summed E-state index contributed by atoms with van der Waals surface area (Å²) in [5.41, 5.74) is 7.87. The number of nitrogen functional groups attached to an aromatic ring is 1. The number of benzene rings is 2. The monoisotopic (exact) mass is 238 g/mol. The number of hydrogen-bond donors (Lipinski definition) is 1. The third-order valence-corrected chi connectivity index (χ3v) is 2.90. The second-order valence-corrected chi connectivity index (χ2v) is 4.12. The Hall–Kier alpha value is -2.42. The van der Waals surface area contributed by atoms with Crippen LogP contribution >= 0.6 is 0 Å². The van der Waals surface area contributed by atoms with Crippen molar-refractivity contribution in [3.05, 3.63) is 60.4 Å². The van der Waals surface area contributed by atoms with Crippen LogP contribution in [0.2, 0.25) is 0 Å². The van der Waals surface area contributed by atoms with Gasteiger partial charge in [-0.1, -0.05) is 24.3 Å². The number of anilines is 1. The molecule has 0 unspecified atom stereocenters. The predicted molar refractivity (Wildman–Crippen MR) is 71.5 cm³/mol. The molecule has 0 bridgehead atoms. The van der Waals surface area contributed by atoms with Crippen LogP contribution in [0.1, 0.15) is 0 Å². The fourth-order valence-corrected chi connectivity index (χ4v) is 2.00. The van der Waals surface area contributed by atoms with Crippen molar-refractivity contribution < 1.29 is 4.39 Å². The fourth-order valence-electron chi connectivity index (χ4n) is 2.00. The molecule has 0 aliphatic heterocycles. The summed E-state index contributed by atoms with van der Waals surface area (Å²) in [7, 11) is 0. The molecular weight excluding hydrogens is 227 g/mol. The van der Waals surface area contributed by atoms with E-state index in [0.717, 1.165) is 16.5 Å². The predicted octanol–water partition coefficient (Wildman–Crippen LogP) is 3.62. The summed E-state index contributed by atoms with van der Waals surface area (Å²) in [6, 6.07) is 16.0. The minimum Gasteiger partial charge on any atom is -0.384 e. The summed E-state index contributed by atoms with van der Waals surface area (Å²) < 4.78 is 13.7. The van der Waals surface area contributed by atoms with Crippen molar-refractivity contribution in [3.8, 4) is 11.1 Å². The molecule has 88 valence electrons. The van der Waals surface area contributed by atoms with Gasteiger partial charge in [0.15, 0.2) is 0 Å². The van der Waals surface area contributed by atoms with E-state index in [1.165, 1.54) is 6.07 Å². The summed E-state index contributed by atoms with van der Waals surface area (Å²) >= 11 is 0. The lowest BCUT2D eigenvalue weighted by atomic mass is 10.0. The Labute approximate surface area is 104 Å². The Kier molecular flexibility index (Phi) is 2.45. The molecule has 0 atom stereocenters. The minimum absolute atomic E-state index is 0.222. The second-order valence-electron chi connectivity index (χ2n) is 4.12. The Morgan fingerprint density at radius 1 is 0.944 bits per heavy atom. The topological polar surface area (TPSA) is 38.9 Å². The maximum atomic E-state index is 13.7. The average Bonchev–Trinajstić information content (AvgIpc) is 2.39. The van der Waals surface area contributed by atoms with Crippen molar-refractivity contribution in [2.45, 2.75) is 0 Å². The first-order valence-electron chi connectivity index (χ1n) is 5.65. The number of nitrogens with zero attached hydrogens (tertiary/aromatic N) is 1. The molecule has 0 fully saturated rings. The molecule has 0 amide bonds. The van der Waals surface area contributed by atoms with E-state index in [1.807, 2.05) is 30.3 Å². The largest absolute Gasteiger partial charge is 0.384 e. The molecule has 2 nitrogen and oxygen atoms in total. The van der Waals surface area contributed by atoms with Gasteiger partial charge < -0.3 is 5.73 Å². The molecule has 2 N–H and O–H groups in total. The van der Waals surface area contributed by atoms with Crippen LogP contribution in [-0.4, -0.2) is 4.98 Å². The van der Waals surface area contributed by atoms with E-state index < -0.39 is 0 Å². The van der Waals surface area contributed by atoms with E-state index in [9.17, 15) is 4.39 Å². The van der Waals surface area contributed by atoms with Crippen LogP contribution in [0.3, 0.4) is 0 Å². The van der Waals surface area contributed by atoms with Gasteiger partial charge in [0.05, 0.1) is 5.52 Å². The maximum Gasteiger partial charge on any atom is 0.131 e. The van der Waals surface area contributed by atoms with Gasteiger partial charge in [-0.25, -0.2) is 9.37 Å². The molecule has 3 rings (SSSR count). The molecule has 3 heteroatoms. The van der Waals surface area contributed by atoms with Gasteiger partial charge in [-0.15, -0.1) is 0 Å². The SMILES string of the molecule is Nc1ccc2cc(-c3ccccc3F)ccc2n1. The van der Waals surface area contributed by atoms with Gasteiger partial charge in [0, 0.05) is 10.9 Å². The standard InChI is InChI=1S/C15H11FN2/c16-13-4-2-1-3-12(13)10-5-7-14-11(9-10)6-8-15(17)18-14/h1-9H,(H2,17,18). The van der Waals surface area contributed by atoms with Crippen molar-refractivity contribution in [1.82, 2.24) is 4.98 Å². The highest BCUT2D eigenvalue weighted by atomic mass is 19.1. The lowest BCUT2D eigenvalue weighted by Gasteiger charge is -2.05. The number of rotatable bonds is 1. The van der Waals surface area contributed by atoms with Gasteiger partial charge in [-0.3, -0.25) is 0 Å². The Balaban J connectivity index is 2.20. The smallest absolute Gasteiger partial charge is 0.131 e. The Morgan fingerprint density at radius 3 is 2.61 bits per heavy atom. The first kappa shape index (κ1) is 10.7. The van der Waals surface area contributed by atoms with E-state index in [1.54, 1.807) is 18.2 Å². The van der Waals surface area contributed by atoms with Crippen molar-refractivity contribution in [2.75, 3.05) is 5.73 Å². The van der Waals surface area contributed by atoms with Gasteiger partial charge in [0.2, 0.25) is 0 Å². The molecule has 1 aromatic heterocycles. The molecule has 18 heavy (non-hydrogen) atoms. The van der Waals surface area contributed by atoms with E-state index in [-0.39, 0.29) is 5.82 Å². The molecular formula is C15H11FN2. The van der Waals surface area contributed by atoms with Gasteiger partial charge in [-0.2, -0.15) is 0 Å². The van der Waals surface area contributed by atoms with E-state index >= 15 is 0 Å². The zero-order chi connectivity index (χ0) is 12.5. The van der Waals surface area contributed by atoms with Crippen molar-refractivity contribution >= 4 is 16.7 Å². The first-order chi connectivity index (χ1) is 8.74. The van der Waals surface area contributed by atoms with Crippen LogP contribution in [0.15, 0.2) is 54.6 Å². The number of hydrogen-bond acceptors (Lipinski definition) is 2. The number of fused-ring (bicyclic) bond motifs is 1. The first-order valence-corrected chi connectivity index (χ1v) is 5.65. The quantitative estimate of drug-likeness (QED) is 0.703. The number of aromatic nitrogens is 1. The van der Waals surface area contributed by atoms with Crippen LogP contribution in [-0.2, 0) is 0 Å². The fraction of sp³-hybridized carbons (Fsp3) is 0. The Bertz CT molecular complexity index is 723. The number of nitrogens with two attached hydrogens (primary N) is 1. The highest BCUT2D eigenvalue weighted by Crippen LogP contribution is 2.26. The molecule has 0 aliphatic rings. The Morgan fingerprint density at radius 2 is 1.78 bits per heavy atom. The average molecular weight is 238 g/mol. The lowest BCUT2D eigenvalue weighted by Crippen LogP contribution is -1.90. The highest BCUT2D eigenvalue weighted by molar-refractivity contribution is 5.85. The van der Waals surface area contributed by atoms with E-state index in [4.69, 9.17) is 5.73 Å². The van der Waals surface area contributed by atoms with Crippen LogP contribution < -0.4 is 5.73 Å². The van der Waals surface area contributed by atoms with Crippen LogP contribution in [0.25, 0.3) is 22.0 Å². The molecule has 1 heterocycles. The molecule has 0 radical (unpaired) electrons. The summed E-state index contributed by atoms with van der Waals surface area (Å²) in [5, 5.41) is 0.949. The van der Waals surface area contributed by atoms with Gasteiger partial charge >= 0.3 is 0 Å². The van der Waals surface area contributed by atoms with E-state index in [0.29, 0.717) is 11.4 Å². The third kappa shape index (κ3) is 1.80. The molecule has 2 aromatic carbocycles. The van der Waals surface area contributed by atoms with Crippen LogP contribution in [0.4, 0.5) is 10.2 Å². The molecule has 0 spiro atoms. The van der Waals surface area contributed by atoms with Gasteiger partial charge in [0.25, 0.3) is 0 Å².